The molecule has 0 saturated heterocycles. The van der Waals surface area contributed by atoms with Gasteiger partial charge >= 0.3 is 0 Å². The number of anilines is 1. The third-order valence-electron chi connectivity index (χ3n) is 3.12. The third-order valence-corrected chi connectivity index (χ3v) is 3.12. The highest BCUT2D eigenvalue weighted by Gasteiger charge is 2.18. The quantitative estimate of drug-likeness (QED) is 0.888. The highest BCUT2D eigenvalue weighted by atomic mass is 16.4. The van der Waals surface area contributed by atoms with Crippen molar-refractivity contribution in [3.8, 4) is 11.5 Å². The van der Waals surface area contributed by atoms with Crippen molar-refractivity contribution in [3.63, 3.8) is 0 Å². The molecule has 3 N–H and O–H groups in total. The summed E-state index contributed by atoms with van der Waals surface area (Å²) in [6, 6.07) is 5.01. The minimum Gasteiger partial charge on any atom is -0.423 e. The van der Waals surface area contributed by atoms with Crippen LogP contribution in [-0.4, -0.2) is 22.1 Å². The molecule has 0 saturated carbocycles. The molecule has 0 bridgehead atoms. The zero-order valence-corrected chi connectivity index (χ0v) is 11.8. The van der Waals surface area contributed by atoms with Crippen LogP contribution in [0.1, 0.15) is 19.4 Å². The van der Waals surface area contributed by atoms with Gasteiger partial charge in [-0.1, -0.05) is 19.9 Å². The van der Waals surface area contributed by atoms with E-state index in [1.54, 1.807) is 6.07 Å². The molecule has 1 amide bonds. The third kappa shape index (κ3) is 3.03. The fraction of sp³-hybridized carbons (Fsp3) is 0.357. The number of aryl methyl sites for hydroxylation is 1. The van der Waals surface area contributed by atoms with E-state index in [1.807, 2.05) is 32.9 Å². The van der Waals surface area contributed by atoms with Gasteiger partial charge in [0.15, 0.2) is 0 Å². The lowest BCUT2D eigenvalue weighted by atomic mass is 10.0. The molecule has 6 heteroatoms. The van der Waals surface area contributed by atoms with Crippen LogP contribution >= 0.6 is 0 Å². The largest absolute Gasteiger partial charge is 0.423 e. The summed E-state index contributed by atoms with van der Waals surface area (Å²) in [5.74, 6) is 0.286. The number of nitrogens with zero attached hydrogens (tertiary/aromatic N) is 2. The van der Waals surface area contributed by atoms with E-state index in [-0.39, 0.29) is 11.8 Å². The van der Waals surface area contributed by atoms with Crippen molar-refractivity contribution >= 4 is 11.6 Å². The summed E-state index contributed by atoms with van der Waals surface area (Å²) in [7, 11) is 0. The predicted octanol–water partition coefficient (Wildman–Crippen LogP) is 1.97. The Morgan fingerprint density at radius 3 is 2.75 bits per heavy atom. The molecule has 1 aromatic carbocycles. The SMILES string of the molecule is Cc1ccc(-c2nnco2)cc1NC(=O)C(N)C(C)C. The lowest BCUT2D eigenvalue weighted by molar-refractivity contribution is -0.118. The predicted molar refractivity (Wildman–Crippen MR) is 75.9 cm³/mol. The summed E-state index contributed by atoms with van der Waals surface area (Å²) < 4.78 is 5.15. The number of carbonyl (C=O) groups is 1. The zero-order valence-electron chi connectivity index (χ0n) is 11.8. The molecule has 0 fully saturated rings. The van der Waals surface area contributed by atoms with Gasteiger partial charge in [-0.3, -0.25) is 4.79 Å². The maximum atomic E-state index is 12.0. The molecule has 2 rings (SSSR count). The van der Waals surface area contributed by atoms with E-state index in [0.29, 0.717) is 11.6 Å². The minimum atomic E-state index is -0.540. The van der Waals surface area contributed by atoms with Crippen molar-refractivity contribution < 1.29 is 9.21 Å². The highest BCUT2D eigenvalue weighted by Crippen LogP contribution is 2.24. The Bertz CT molecular complexity index is 593. The molecule has 2 aromatic rings. The van der Waals surface area contributed by atoms with Gasteiger partial charge < -0.3 is 15.5 Å². The molecule has 0 aliphatic rings. The van der Waals surface area contributed by atoms with Crippen molar-refractivity contribution in [2.45, 2.75) is 26.8 Å². The number of hydrogen-bond donors (Lipinski definition) is 2. The molecule has 0 aliphatic heterocycles. The van der Waals surface area contributed by atoms with Crippen molar-refractivity contribution in [1.29, 1.82) is 0 Å². The van der Waals surface area contributed by atoms with E-state index in [4.69, 9.17) is 10.2 Å². The van der Waals surface area contributed by atoms with Crippen LogP contribution in [0, 0.1) is 12.8 Å². The Labute approximate surface area is 117 Å². The average Bonchev–Trinajstić information content (AvgIpc) is 2.94. The van der Waals surface area contributed by atoms with E-state index >= 15 is 0 Å². The number of rotatable bonds is 4. The number of carbonyl (C=O) groups excluding carboxylic acids is 1. The monoisotopic (exact) mass is 274 g/mol. The minimum absolute atomic E-state index is 0.0782. The molecule has 1 aromatic heterocycles. The van der Waals surface area contributed by atoms with Crippen LogP contribution in [-0.2, 0) is 4.79 Å². The molecule has 0 aliphatic carbocycles. The smallest absolute Gasteiger partial charge is 0.247 e. The topological polar surface area (TPSA) is 94.0 Å². The summed E-state index contributed by atoms with van der Waals surface area (Å²) in [6.07, 6.45) is 1.27. The normalized spacial score (nSPS) is 12.4. The first-order valence-corrected chi connectivity index (χ1v) is 6.42. The van der Waals surface area contributed by atoms with Crippen molar-refractivity contribution in [3.05, 3.63) is 30.2 Å². The average molecular weight is 274 g/mol. The number of nitrogens with one attached hydrogen (secondary N) is 1. The van der Waals surface area contributed by atoms with Gasteiger partial charge in [0.25, 0.3) is 0 Å². The van der Waals surface area contributed by atoms with Crippen molar-refractivity contribution in [2.24, 2.45) is 11.7 Å². The Morgan fingerprint density at radius 1 is 1.40 bits per heavy atom. The van der Waals surface area contributed by atoms with Gasteiger partial charge in [-0.15, -0.1) is 10.2 Å². The number of benzene rings is 1. The Kier molecular flexibility index (Phi) is 4.14. The van der Waals surface area contributed by atoms with Gasteiger partial charge in [0.1, 0.15) is 0 Å². The Morgan fingerprint density at radius 2 is 2.15 bits per heavy atom. The molecule has 1 unspecified atom stereocenters. The molecule has 1 atom stereocenters. The van der Waals surface area contributed by atoms with Crippen LogP contribution < -0.4 is 11.1 Å². The molecule has 20 heavy (non-hydrogen) atoms. The van der Waals surface area contributed by atoms with E-state index in [2.05, 4.69) is 15.5 Å². The van der Waals surface area contributed by atoms with Gasteiger partial charge in [0.2, 0.25) is 18.2 Å². The first kappa shape index (κ1) is 14.2. The second-order valence-electron chi connectivity index (χ2n) is 5.03. The molecule has 1 heterocycles. The second-order valence-corrected chi connectivity index (χ2v) is 5.03. The molecular formula is C14H18N4O2. The molecule has 0 radical (unpaired) electrons. The number of hydrogen-bond acceptors (Lipinski definition) is 5. The fourth-order valence-electron chi connectivity index (χ4n) is 1.71. The maximum Gasteiger partial charge on any atom is 0.247 e. The standard InChI is InChI=1S/C14H18N4O2/c1-8(2)12(15)13(19)17-11-6-10(5-4-9(11)3)14-18-16-7-20-14/h4-8,12H,15H2,1-3H3,(H,17,19). The van der Waals surface area contributed by atoms with Crippen LogP contribution in [0.4, 0.5) is 5.69 Å². The molecule has 0 spiro atoms. The van der Waals surface area contributed by atoms with Crippen LogP contribution in [0.3, 0.4) is 0 Å². The zero-order chi connectivity index (χ0) is 14.7. The fourth-order valence-corrected chi connectivity index (χ4v) is 1.71. The summed E-state index contributed by atoms with van der Waals surface area (Å²) >= 11 is 0. The summed E-state index contributed by atoms with van der Waals surface area (Å²) in [5, 5.41) is 10.3. The lowest BCUT2D eigenvalue weighted by Crippen LogP contribution is -2.39. The molecule has 106 valence electrons. The first-order chi connectivity index (χ1) is 9.49. The first-order valence-electron chi connectivity index (χ1n) is 6.42. The summed E-state index contributed by atoms with van der Waals surface area (Å²) in [5.41, 5.74) is 8.23. The number of nitrogens with two attached hydrogens (primary N) is 1. The molecular weight excluding hydrogens is 256 g/mol. The Balaban J connectivity index is 2.24. The lowest BCUT2D eigenvalue weighted by Gasteiger charge is -2.16. The van der Waals surface area contributed by atoms with Gasteiger partial charge in [0.05, 0.1) is 6.04 Å². The second kappa shape index (κ2) is 5.83. The highest BCUT2D eigenvalue weighted by molar-refractivity contribution is 5.96. The van der Waals surface area contributed by atoms with E-state index < -0.39 is 6.04 Å². The van der Waals surface area contributed by atoms with Gasteiger partial charge in [-0.25, -0.2) is 0 Å². The van der Waals surface area contributed by atoms with Crippen LogP contribution in [0.5, 0.6) is 0 Å². The van der Waals surface area contributed by atoms with Crippen LogP contribution in [0.25, 0.3) is 11.5 Å². The number of aromatic nitrogens is 2. The van der Waals surface area contributed by atoms with E-state index in [0.717, 1.165) is 11.1 Å². The van der Waals surface area contributed by atoms with Crippen molar-refractivity contribution in [2.75, 3.05) is 5.32 Å². The van der Waals surface area contributed by atoms with Gasteiger partial charge in [0, 0.05) is 11.3 Å². The van der Waals surface area contributed by atoms with Crippen LogP contribution in [0.2, 0.25) is 0 Å². The summed E-state index contributed by atoms with van der Waals surface area (Å²) in [4.78, 5) is 12.0. The van der Waals surface area contributed by atoms with Gasteiger partial charge in [-0.05, 0) is 30.5 Å². The Hall–Kier alpha value is -2.21. The van der Waals surface area contributed by atoms with Gasteiger partial charge in [-0.2, -0.15) is 0 Å². The molecule has 6 nitrogen and oxygen atoms in total. The maximum absolute atomic E-state index is 12.0. The summed E-state index contributed by atoms with van der Waals surface area (Å²) in [6.45, 7) is 5.73. The van der Waals surface area contributed by atoms with Crippen molar-refractivity contribution in [1.82, 2.24) is 10.2 Å². The van der Waals surface area contributed by atoms with E-state index in [9.17, 15) is 4.79 Å². The number of amides is 1. The van der Waals surface area contributed by atoms with Crippen LogP contribution in [0.15, 0.2) is 29.0 Å². The van der Waals surface area contributed by atoms with E-state index in [1.165, 1.54) is 6.39 Å².